The summed E-state index contributed by atoms with van der Waals surface area (Å²) in [5, 5.41) is 33.4. The van der Waals surface area contributed by atoms with Crippen LogP contribution in [-0.2, 0) is 16.1 Å². The molecule has 2 aromatic heterocycles. The van der Waals surface area contributed by atoms with E-state index in [0.29, 0.717) is 23.6 Å². The van der Waals surface area contributed by atoms with Gasteiger partial charge in [0.05, 0.1) is 31.7 Å². The lowest BCUT2D eigenvalue weighted by atomic mass is 9.92. The molecule has 1 aliphatic carbocycles. The van der Waals surface area contributed by atoms with E-state index in [4.69, 9.17) is 9.47 Å². The van der Waals surface area contributed by atoms with Gasteiger partial charge in [-0.15, -0.1) is 0 Å². The summed E-state index contributed by atoms with van der Waals surface area (Å²) in [6.45, 7) is 0.165. The molecule has 6 atom stereocenters. The Kier molecular flexibility index (Phi) is 6.52. The van der Waals surface area contributed by atoms with Crippen LogP contribution in [0.3, 0.4) is 0 Å². The molecule has 3 aromatic rings. The van der Waals surface area contributed by atoms with Crippen molar-refractivity contribution < 1.29 is 24.8 Å². The van der Waals surface area contributed by atoms with Crippen LogP contribution in [0.1, 0.15) is 37.5 Å². The molecule has 176 valence electrons. The number of imidazole rings is 1. The molecule has 5 rings (SSSR count). The standard InChI is InChI=1S/C23H29N5O5/c29-10-17-19(30)20(31)23(33-17)28-13-26-18-21(24-12-25-22(18)28)27-15-8-4-5-9-16(15)32-11-14-6-2-1-3-7-14/h1-3,6-7,12-13,15-17,19-20,23,29-31H,4-5,8-11H2,(H,24,25,27). The second kappa shape index (κ2) is 9.70. The lowest BCUT2D eigenvalue weighted by molar-refractivity contribution is -0.0511. The highest BCUT2D eigenvalue weighted by atomic mass is 16.6. The van der Waals surface area contributed by atoms with E-state index in [9.17, 15) is 15.3 Å². The van der Waals surface area contributed by atoms with Gasteiger partial charge < -0.3 is 30.1 Å². The number of rotatable bonds is 7. The first-order chi connectivity index (χ1) is 16.2. The molecule has 0 amide bonds. The fourth-order valence-electron chi connectivity index (χ4n) is 4.67. The smallest absolute Gasteiger partial charge is 0.167 e. The fraction of sp³-hybridized carbons (Fsp3) is 0.522. The average molecular weight is 456 g/mol. The molecule has 1 aromatic carbocycles. The Morgan fingerprint density at radius 3 is 2.67 bits per heavy atom. The van der Waals surface area contributed by atoms with E-state index in [2.05, 4.69) is 32.4 Å². The van der Waals surface area contributed by atoms with Crippen molar-refractivity contribution in [2.75, 3.05) is 11.9 Å². The molecule has 0 bridgehead atoms. The Morgan fingerprint density at radius 2 is 1.88 bits per heavy atom. The fourth-order valence-corrected chi connectivity index (χ4v) is 4.67. The monoisotopic (exact) mass is 455 g/mol. The van der Waals surface area contributed by atoms with Crippen LogP contribution >= 0.6 is 0 Å². The number of anilines is 1. The van der Waals surface area contributed by atoms with E-state index >= 15 is 0 Å². The third-order valence-corrected chi connectivity index (χ3v) is 6.48. The summed E-state index contributed by atoms with van der Waals surface area (Å²) in [6, 6.07) is 10.2. The average Bonchev–Trinajstić information content (AvgIpc) is 3.40. The van der Waals surface area contributed by atoms with Gasteiger partial charge in [0.15, 0.2) is 23.2 Å². The third-order valence-electron chi connectivity index (χ3n) is 6.48. The van der Waals surface area contributed by atoms with Crippen LogP contribution in [0.4, 0.5) is 5.82 Å². The van der Waals surface area contributed by atoms with E-state index < -0.39 is 31.1 Å². The summed E-state index contributed by atoms with van der Waals surface area (Å²) in [4.78, 5) is 13.2. The molecule has 3 heterocycles. The highest BCUT2D eigenvalue weighted by Crippen LogP contribution is 2.33. The first-order valence-corrected chi connectivity index (χ1v) is 11.4. The molecule has 2 fully saturated rings. The van der Waals surface area contributed by atoms with E-state index in [1.165, 1.54) is 12.7 Å². The van der Waals surface area contributed by atoms with Crippen LogP contribution in [-0.4, -0.2) is 71.9 Å². The maximum atomic E-state index is 10.4. The highest BCUT2D eigenvalue weighted by molar-refractivity contribution is 5.82. The van der Waals surface area contributed by atoms with Crippen molar-refractivity contribution in [3.63, 3.8) is 0 Å². The van der Waals surface area contributed by atoms with Gasteiger partial charge in [0, 0.05) is 0 Å². The van der Waals surface area contributed by atoms with Crippen molar-refractivity contribution in [1.29, 1.82) is 0 Å². The maximum absolute atomic E-state index is 10.4. The summed E-state index contributed by atoms with van der Waals surface area (Å²) in [7, 11) is 0. The van der Waals surface area contributed by atoms with Crippen LogP contribution in [0.5, 0.6) is 0 Å². The third kappa shape index (κ3) is 4.44. The number of nitrogens with zero attached hydrogens (tertiary/aromatic N) is 4. The van der Waals surface area contributed by atoms with Gasteiger partial charge in [-0.05, 0) is 18.4 Å². The predicted molar refractivity (Wildman–Crippen MR) is 119 cm³/mol. The van der Waals surface area contributed by atoms with Crippen LogP contribution in [0, 0.1) is 0 Å². The first kappa shape index (κ1) is 22.2. The minimum atomic E-state index is -1.21. The molecular formula is C23H29N5O5. The van der Waals surface area contributed by atoms with Gasteiger partial charge in [0.1, 0.15) is 24.6 Å². The van der Waals surface area contributed by atoms with Gasteiger partial charge in [0.2, 0.25) is 0 Å². The predicted octanol–water partition coefficient (Wildman–Crippen LogP) is 1.38. The zero-order valence-electron chi connectivity index (χ0n) is 18.2. The van der Waals surface area contributed by atoms with Gasteiger partial charge in [-0.2, -0.15) is 0 Å². The van der Waals surface area contributed by atoms with E-state index in [1.54, 1.807) is 4.57 Å². The van der Waals surface area contributed by atoms with Crippen LogP contribution < -0.4 is 5.32 Å². The van der Waals surface area contributed by atoms with Crippen molar-refractivity contribution in [3.05, 3.63) is 48.5 Å². The van der Waals surface area contributed by atoms with Crippen LogP contribution in [0.2, 0.25) is 0 Å². The number of aliphatic hydroxyl groups is 3. The quantitative estimate of drug-likeness (QED) is 0.417. The number of benzene rings is 1. The van der Waals surface area contributed by atoms with E-state index in [1.807, 2.05) is 18.2 Å². The molecule has 4 N–H and O–H groups in total. The van der Waals surface area contributed by atoms with Crippen molar-refractivity contribution in [2.45, 2.75) is 69.0 Å². The second-order valence-corrected chi connectivity index (χ2v) is 8.65. The van der Waals surface area contributed by atoms with Crippen molar-refractivity contribution in [3.8, 4) is 0 Å². The molecule has 2 aliphatic rings. The zero-order chi connectivity index (χ0) is 22.8. The van der Waals surface area contributed by atoms with Gasteiger partial charge in [-0.25, -0.2) is 15.0 Å². The van der Waals surface area contributed by atoms with Crippen molar-refractivity contribution in [1.82, 2.24) is 19.5 Å². The molecule has 0 radical (unpaired) electrons. The number of nitrogens with one attached hydrogen (secondary N) is 1. The summed E-state index contributed by atoms with van der Waals surface area (Å²) in [5.74, 6) is 0.589. The van der Waals surface area contributed by atoms with Crippen LogP contribution in [0.25, 0.3) is 11.2 Å². The minimum absolute atomic E-state index is 0.0477. The highest BCUT2D eigenvalue weighted by Gasteiger charge is 2.44. The molecule has 1 saturated carbocycles. The van der Waals surface area contributed by atoms with Crippen molar-refractivity contribution in [2.24, 2.45) is 0 Å². The molecule has 1 saturated heterocycles. The second-order valence-electron chi connectivity index (χ2n) is 8.65. The lowest BCUT2D eigenvalue weighted by Crippen LogP contribution is -2.38. The normalized spacial score (nSPS) is 30.0. The SMILES string of the molecule is OCC1OC(n2cnc3c(NC4CCCCC4OCc4ccccc4)ncnc32)C(O)C1O. The number of ether oxygens (including phenoxy) is 2. The Morgan fingerprint density at radius 1 is 1.06 bits per heavy atom. The first-order valence-electron chi connectivity index (χ1n) is 11.4. The Balaban J connectivity index is 1.34. The number of hydrogen-bond donors (Lipinski definition) is 4. The van der Waals surface area contributed by atoms with Gasteiger partial charge in [-0.3, -0.25) is 4.57 Å². The lowest BCUT2D eigenvalue weighted by Gasteiger charge is -2.32. The summed E-state index contributed by atoms with van der Waals surface area (Å²) < 4.78 is 13.5. The summed E-state index contributed by atoms with van der Waals surface area (Å²) in [5.41, 5.74) is 2.16. The van der Waals surface area contributed by atoms with Crippen LogP contribution in [0.15, 0.2) is 43.0 Å². The van der Waals surface area contributed by atoms with Gasteiger partial charge in [-0.1, -0.05) is 43.2 Å². The molecular weight excluding hydrogens is 426 g/mol. The number of aliphatic hydroxyl groups excluding tert-OH is 3. The van der Waals surface area contributed by atoms with E-state index in [0.717, 1.165) is 31.2 Å². The van der Waals surface area contributed by atoms with E-state index in [-0.39, 0.29) is 12.1 Å². The maximum Gasteiger partial charge on any atom is 0.167 e. The zero-order valence-corrected chi connectivity index (χ0v) is 18.2. The molecule has 1 aliphatic heterocycles. The number of fused-ring (bicyclic) bond motifs is 1. The van der Waals surface area contributed by atoms with Crippen molar-refractivity contribution >= 4 is 17.0 Å². The Hall–Kier alpha value is -2.63. The topological polar surface area (TPSA) is 135 Å². The Labute approximate surface area is 191 Å². The number of aromatic nitrogens is 4. The molecule has 6 unspecified atom stereocenters. The summed E-state index contributed by atoms with van der Waals surface area (Å²) >= 11 is 0. The molecule has 10 heteroatoms. The Bertz CT molecular complexity index is 1060. The number of hydrogen-bond acceptors (Lipinski definition) is 9. The minimum Gasteiger partial charge on any atom is -0.394 e. The largest absolute Gasteiger partial charge is 0.394 e. The summed E-state index contributed by atoms with van der Waals surface area (Å²) in [6.07, 6.45) is 2.98. The molecule has 0 spiro atoms. The molecule has 10 nitrogen and oxygen atoms in total. The van der Waals surface area contributed by atoms with Gasteiger partial charge >= 0.3 is 0 Å². The molecule has 33 heavy (non-hydrogen) atoms. The van der Waals surface area contributed by atoms with Gasteiger partial charge in [0.25, 0.3) is 0 Å².